The van der Waals surface area contributed by atoms with Crippen LogP contribution in [0.5, 0.6) is 0 Å². The highest BCUT2D eigenvalue weighted by Crippen LogP contribution is 2.48. The van der Waals surface area contributed by atoms with Gasteiger partial charge in [-0.25, -0.2) is 9.69 Å². The first-order valence-electron chi connectivity index (χ1n) is 9.04. The number of amides is 1. The number of amidine groups is 1. The first kappa shape index (κ1) is 18.6. The summed E-state index contributed by atoms with van der Waals surface area (Å²) in [6.45, 7) is 12.0. The summed E-state index contributed by atoms with van der Waals surface area (Å²) in [5.74, 6) is 0.623. The van der Waals surface area contributed by atoms with Crippen LogP contribution in [0.25, 0.3) is 0 Å². The molecule has 1 aromatic rings. The predicted octanol–water partition coefficient (Wildman–Crippen LogP) is 3.72. The SMILES string of the molecule is CCOC(=O)N1C(C)=NC(Cc2ccccn2)C2=C1C(C)(C)OC2(C)C. The van der Waals surface area contributed by atoms with Crippen molar-refractivity contribution < 1.29 is 14.3 Å². The normalized spacial score (nSPS) is 23.5. The molecule has 0 saturated heterocycles. The Morgan fingerprint density at radius 1 is 1.27 bits per heavy atom. The Balaban J connectivity index is 2.09. The molecule has 2 aliphatic rings. The molecule has 0 aliphatic carbocycles. The number of rotatable bonds is 3. The summed E-state index contributed by atoms with van der Waals surface area (Å²) in [5.41, 5.74) is 1.67. The molecule has 0 N–H and O–H groups in total. The molecule has 3 rings (SSSR count). The third kappa shape index (κ3) is 3.14. The smallest absolute Gasteiger partial charge is 0.419 e. The van der Waals surface area contributed by atoms with Gasteiger partial charge in [-0.2, -0.15) is 0 Å². The molecule has 1 atom stereocenters. The lowest BCUT2D eigenvalue weighted by atomic mass is 9.85. The standard InChI is InChI=1S/C20H27N3O3/c1-7-25-18(24)23-13(2)22-15(12-14-10-8-9-11-21-14)16-17(23)20(5,6)26-19(16,3)4/h8-11,15H,7,12H2,1-6H3. The maximum absolute atomic E-state index is 12.6. The summed E-state index contributed by atoms with van der Waals surface area (Å²) in [7, 11) is 0. The van der Waals surface area contributed by atoms with Gasteiger partial charge in [0.2, 0.25) is 0 Å². The Bertz CT molecular complexity index is 766. The fourth-order valence-electron chi connectivity index (χ4n) is 4.09. The van der Waals surface area contributed by atoms with Crippen molar-refractivity contribution in [3.8, 4) is 0 Å². The van der Waals surface area contributed by atoms with Crippen molar-refractivity contribution in [2.24, 2.45) is 4.99 Å². The quantitative estimate of drug-likeness (QED) is 0.827. The zero-order valence-corrected chi connectivity index (χ0v) is 16.4. The van der Waals surface area contributed by atoms with E-state index in [2.05, 4.69) is 4.98 Å². The van der Waals surface area contributed by atoms with Gasteiger partial charge in [0.05, 0.1) is 23.9 Å². The van der Waals surface area contributed by atoms with Crippen molar-refractivity contribution in [2.75, 3.05) is 6.61 Å². The summed E-state index contributed by atoms with van der Waals surface area (Å²) >= 11 is 0. The zero-order valence-electron chi connectivity index (χ0n) is 16.4. The number of hydrogen-bond acceptors (Lipinski definition) is 5. The maximum atomic E-state index is 12.6. The van der Waals surface area contributed by atoms with Gasteiger partial charge in [-0.3, -0.25) is 9.98 Å². The number of nitrogens with zero attached hydrogens (tertiary/aromatic N) is 3. The number of aromatic nitrogens is 1. The van der Waals surface area contributed by atoms with Gasteiger partial charge in [0.1, 0.15) is 11.4 Å². The summed E-state index contributed by atoms with van der Waals surface area (Å²) in [4.78, 5) is 23.5. The molecule has 140 valence electrons. The van der Waals surface area contributed by atoms with Gasteiger partial charge in [0, 0.05) is 23.9 Å². The number of ether oxygens (including phenoxy) is 2. The first-order chi connectivity index (χ1) is 12.2. The average Bonchev–Trinajstić information content (AvgIpc) is 2.73. The van der Waals surface area contributed by atoms with Crippen LogP contribution in [0.15, 0.2) is 40.7 Å². The topological polar surface area (TPSA) is 64.0 Å². The molecule has 26 heavy (non-hydrogen) atoms. The molecule has 6 heteroatoms. The van der Waals surface area contributed by atoms with Gasteiger partial charge in [-0.05, 0) is 53.7 Å². The van der Waals surface area contributed by atoms with Crippen LogP contribution in [-0.2, 0) is 15.9 Å². The number of aliphatic imine (C=N–C) groups is 1. The summed E-state index contributed by atoms with van der Waals surface area (Å²) in [5, 5.41) is 0. The van der Waals surface area contributed by atoms with Crippen molar-refractivity contribution in [3.63, 3.8) is 0 Å². The van der Waals surface area contributed by atoms with E-state index in [4.69, 9.17) is 14.5 Å². The van der Waals surface area contributed by atoms with E-state index < -0.39 is 17.3 Å². The minimum absolute atomic E-state index is 0.123. The van der Waals surface area contributed by atoms with Crippen molar-refractivity contribution in [1.29, 1.82) is 0 Å². The second-order valence-electron chi connectivity index (χ2n) is 7.64. The minimum atomic E-state index is -0.620. The highest BCUT2D eigenvalue weighted by molar-refractivity contribution is 5.98. The van der Waals surface area contributed by atoms with Crippen molar-refractivity contribution in [1.82, 2.24) is 9.88 Å². The van der Waals surface area contributed by atoms with E-state index in [0.717, 1.165) is 17.0 Å². The summed E-state index contributed by atoms with van der Waals surface area (Å²) in [6, 6.07) is 5.75. The Hall–Kier alpha value is -2.21. The Morgan fingerprint density at radius 3 is 2.62 bits per heavy atom. The van der Waals surface area contributed by atoms with Crippen LogP contribution >= 0.6 is 0 Å². The van der Waals surface area contributed by atoms with Crippen molar-refractivity contribution in [3.05, 3.63) is 41.4 Å². The molecule has 0 aromatic carbocycles. The first-order valence-corrected chi connectivity index (χ1v) is 9.04. The van der Waals surface area contributed by atoms with Gasteiger partial charge in [0.25, 0.3) is 0 Å². The molecule has 6 nitrogen and oxygen atoms in total. The van der Waals surface area contributed by atoms with Gasteiger partial charge >= 0.3 is 6.09 Å². The third-order valence-corrected chi connectivity index (χ3v) is 4.79. The molecule has 1 amide bonds. The second-order valence-corrected chi connectivity index (χ2v) is 7.64. The van der Waals surface area contributed by atoms with Crippen LogP contribution in [0, 0.1) is 0 Å². The van der Waals surface area contributed by atoms with E-state index in [-0.39, 0.29) is 6.04 Å². The number of carbonyl (C=O) groups is 1. The lowest BCUT2D eigenvalue weighted by Crippen LogP contribution is -2.45. The molecule has 0 radical (unpaired) electrons. The molecule has 0 fully saturated rings. The highest BCUT2D eigenvalue weighted by Gasteiger charge is 2.53. The average molecular weight is 357 g/mol. The van der Waals surface area contributed by atoms with Crippen LogP contribution in [0.2, 0.25) is 0 Å². The van der Waals surface area contributed by atoms with E-state index in [1.807, 2.05) is 52.8 Å². The Morgan fingerprint density at radius 2 is 2.00 bits per heavy atom. The van der Waals surface area contributed by atoms with Crippen molar-refractivity contribution >= 4 is 11.9 Å². The fourth-order valence-corrected chi connectivity index (χ4v) is 4.09. The van der Waals surface area contributed by atoms with Gasteiger partial charge in [-0.15, -0.1) is 0 Å². The Labute approximate surface area is 154 Å². The van der Waals surface area contributed by atoms with Crippen LogP contribution in [-0.4, -0.2) is 45.7 Å². The third-order valence-electron chi connectivity index (χ3n) is 4.79. The molecule has 2 aliphatic heterocycles. The molecular formula is C20H27N3O3. The largest absolute Gasteiger partial charge is 0.449 e. The van der Waals surface area contributed by atoms with Crippen LogP contribution in [0.3, 0.4) is 0 Å². The number of carbonyl (C=O) groups excluding carboxylic acids is 1. The predicted molar refractivity (Wildman–Crippen MR) is 100.0 cm³/mol. The zero-order chi connectivity index (χ0) is 19.1. The lowest BCUT2D eigenvalue weighted by Gasteiger charge is -2.35. The molecule has 0 bridgehead atoms. The van der Waals surface area contributed by atoms with Gasteiger partial charge in [-0.1, -0.05) is 6.07 Å². The van der Waals surface area contributed by atoms with E-state index in [1.54, 1.807) is 18.0 Å². The van der Waals surface area contributed by atoms with Crippen molar-refractivity contribution in [2.45, 2.75) is 65.2 Å². The Kier molecular flexibility index (Phi) is 4.65. The summed E-state index contributed by atoms with van der Waals surface area (Å²) < 4.78 is 11.6. The highest BCUT2D eigenvalue weighted by atomic mass is 16.6. The molecule has 1 unspecified atom stereocenters. The van der Waals surface area contributed by atoms with Gasteiger partial charge in [0.15, 0.2) is 0 Å². The molecule has 3 heterocycles. The number of pyridine rings is 1. The molecule has 0 saturated carbocycles. The van der Waals surface area contributed by atoms with Crippen LogP contribution in [0.1, 0.15) is 47.2 Å². The molecule has 0 spiro atoms. The number of hydrogen-bond donors (Lipinski definition) is 0. The monoisotopic (exact) mass is 357 g/mol. The van der Waals surface area contributed by atoms with Crippen LogP contribution in [0.4, 0.5) is 4.79 Å². The molecular weight excluding hydrogens is 330 g/mol. The van der Waals surface area contributed by atoms with E-state index in [9.17, 15) is 4.79 Å². The fraction of sp³-hybridized carbons (Fsp3) is 0.550. The summed E-state index contributed by atoms with van der Waals surface area (Å²) in [6.07, 6.45) is 2.04. The lowest BCUT2D eigenvalue weighted by molar-refractivity contribution is -0.0622. The minimum Gasteiger partial charge on any atom is -0.449 e. The second kappa shape index (κ2) is 6.50. The van der Waals surface area contributed by atoms with Crippen LogP contribution < -0.4 is 0 Å². The van der Waals surface area contributed by atoms with E-state index in [0.29, 0.717) is 18.9 Å². The van der Waals surface area contributed by atoms with E-state index in [1.165, 1.54) is 0 Å². The van der Waals surface area contributed by atoms with E-state index >= 15 is 0 Å². The molecule has 1 aromatic heterocycles. The maximum Gasteiger partial charge on any atom is 0.419 e. The van der Waals surface area contributed by atoms with Gasteiger partial charge < -0.3 is 9.47 Å².